The van der Waals surface area contributed by atoms with Crippen molar-refractivity contribution in [3.05, 3.63) is 35.9 Å². The van der Waals surface area contributed by atoms with Crippen LogP contribution in [0.1, 0.15) is 30.9 Å². The average molecular weight is 327 g/mol. The van der Waals surface area contributed by atoms with Crippen molar-refractivity contribution in [2.24, 2.45) is 5.92 Å². The Morgan fingerprint density at radius 2 is 1.91 bits per heavy atom. The molecule has 0 aromatic heterocycles. The molecule has 0 bridgehead atoms. The van der Waals surface area contributed by atoms with E-state index in [1.807, 2.05) is 0 Å². The Labute approximate surface area is 130 Å². The zero-order valence-electron chi connectivity index (χ0n) is 12.3. The van der Waals surface area contributed by atoms with Crippen LogP contribution < -0.4 is 4.72 Å². The number of rotatable bonds is 7. The molecule has 1 aromatic rings. The van der Waals surface area contributed by atoms with Crippen molar-refractivity contribution in [2.45, 2.75) is 25.3 Å². The first-order valence-corrected chi connectivity index (χ1v) is 8.98. The van der Waals surface area contributed by atoms with E-state index < -0.39 is 22.0 Å². The number of carboxylic acid groups (broad SMARTS) is 1. The maximum atomic E-state index is 12.2. The second-order valence-corrected chi connectivity index (χ2v) is 7.34. The molecule has 2 N–H and O–H groups in total. The van der Waals surface area contributed by atoms with E-state index in [0.29, 0.717) is 31.1 Å². The van der Waals surface area contributed by atoms with Crippen molar-refractivity contribution >= 4 is 16.0 Å². The number of ether oxygens (including phenoxy) is 1. The standard InChI is InChI=1S/C15H21NO5S/c17-15(18)14(13-4-2-1-3-5-13)16-22(19,20)11-8-12-6-9-21-10-7-12/h1-5,12,14,16H,6-11H2,(H,17,18)/t14-/m0/s1. The third-order valence-corrected chi connectivity index (χ3v) is 5.18. The molecule has 7 heteroatoms. The Kier molecular flexibility index (Phi) is 5.93. The molecule has 0 unspecified atom stereocenters. The third kappa shape index (κ3) is 5.08. The number of sulfonamides is 1. The fourth-order valence-electron chi connectivity index (χ4n) is 2.50. The van der Waals surface area contributed by atoms with E-state index in [-0.39, 0.29) is 5.75 Å². The zero-order chi connectivity index (χ0) is 16.0. The summed E-state index contributed by atoms with van der Waals surface area (Å²) in [6.07, 6.45) is 2.24. The van der Waals surface area contributed by atoms with Gasteiger partial charge in [0.2, 0.25) is 10.0 Å². The van der Waals surface area contributed by atoms with E-state index in [0.717, 1.165) is 12.8 Å². The number of carboxylic acids is 1. The summed E-state index contributed by atoms with van der Waals surface area (Å²) < 4.78 is 31.8. The van der Waals surface area contributed by atoms with Gasteiger partial charge in [-0.15, -0.1) is 0 Å². The summed E-state index contributed by atoms with van der Waals surface area (Å²) in [6.45, 7) is 1.33. The number of aliphatic carboxylic acids is 1. The first kappa shape index (κ1) is 16.9. The van der Waals surface area contributed by atoms with E-state index in [1.165, 1.54) is 0 Å². The van der Waals surface area contributed by atoms with Gasteiger partial charge in [0.1, 0.15) is 6.04 Å². The second kappa shape index (κ2) is 7.71. The van der Waals surface area contributed by atoms with Gasteiger partial charge in [-0.3, -0.25) is 4.79 Å². The lowest BCUT2D eigenvalue weighted by molar-refractivity contribution is -0.139. The minimum Gasteiger partial charge on any atom is -0.480 e. The smallest absolute Gasteiger partial charge is 0.326 e. The molecule has 0 aliphatic carbocycles. The van der Waals surface area contributed by atoms with Gasteiger partial charge >= 0.3 is 5.97 Å². The minimum atomic E-state index is -3.64. The highest BCUT2D eigenvalue weighted by molar-refractivity contribution is 7.89. The molecule has 0 amide bonds. The van der Waals surface area contributed by atoms with Crippen LogP contribution in [0.4, 0.5) is 0 Å². The molecule has 2 rings (SSSR count). The Morgan fingerprint density at radius 3 is 2.50 bits per heavy atom. The van der Waals surface area contributed by atoms with Crippen molar-refractivity contribution in [2.75, 3.05) is 19.0 Å². The molecule has 6 nitrogen and oxygen atoms in total. The SMILES string of the molecule is O=C(O)[C@@H](NS(=O)(=O)CCC1CCOCC1)c1ccccc1. The van der Waals surface area contributed by atoms with Crippen LogP contribution in [0.25, 0.3) is 0 Å². The number of hydrogen-bond donors (Lipinski definition) is 2. The van der Waals surface area contributed by atoms with Crippen LogP contribution in [0.2, 0.25) is 0 Å². The molecular weight excluding hydrogens is 306 g/mol. The molecule has 1 aliphatic rings. The predicted molar refractivity (Wildman–Crippen MR) is 81.9 cm³/mol. The van der Waals surface area contributed by atoms with Crippen LogP contribution >= 0.6 is 0 Å². The molecule has 0 spiro atoms. The maximum Gasteiger partial charge on any atom is 0.326 e. The first-order valence-electron chi connectivity index (χ1n) is 7.33. The van der Waals surface area contributed by atoms with Crippen LogP contribution in [0.15, 0.2) is 30.3 Å². The summed E-state index contributed by atoms with van der Waals surface area (Å²) in [5.74, 6) is -0.944. The molecule has 1 heterocycles. The maximum absolute atomic E-state index is 12.2. The van der Waals surface area contributed by atoms with Gasteiger partial charge in [0.25, 0.3) is 0 Å². The lowest BCUT2D eigenvalue weighted by atomic mass is 9.98. The van der Waals surface area contributed by atoms with Gasteiger partial charge < -0.3 is 9.84 Å². The molecule has 122 valence electrons. The largest absolute Gasteiger partial charge is 0.480 e. The number of carbonyl (C=O) groups is 1. The summed E-state index contributed by atoms with van der Waals surface area (Å²) in [4.78, 5) is 11.3. The average Bonchev–Trinajstić information content (AvgIpc) is 2.52. The van der Waals surface area contributed by atoms with E-state index >= 15 is 0 Å². The molecule has 1 aromatic carbocycles. The summed E-state index contributed by atoms with van der Waals surface area (Å²) in [6, 6.07) is 7.06. The summed E-state index contributed by atoms with van der Waals surface area (Å²) >= 11 is 0. The van der Waals surface area contributed by atoms with Gasteiger partial charge in [0.05, 0.1) is 5.75 Å². The molecule has 22 heavy (non-hydrogen) atoms. The Morgan fingerprint density at radius 1 is 1.27 bits per heavy atom. The molecule has 1 fully saturated rings. The Bertz CT molecular complexity index is 581. The van der Waals surface area contributed by atoms with Gasteiger partial charge in [-0.25, -0.2) is 8.42 Å². The molecule has 0 radical (unpaired) electrons. The summed E-state index contributed by atoms with van der Waals surface area (Å²) in [5.41, 5.74) is 0.421. The molecule has 1 atom stereocenters. The van der Waals surface area contributed by atoms with Gasteiger partial charge in [0, 0.05) is 13.2 Å². The fourth-order valence-corrected chi connectivity index (χ4v) is 3.86. The topological polar surface area (TPSA) is 92.7 Å². The highest BCUT2D eigenvalue weighted by Crippen LogP contribution is 2.20. The minimum absolute atomic E-state index is 0.0612. The molecule has 1 saturated heterocycles. The third-order valence-electron chi connectivity index (χ3n) is 3.81. The van der Waals surface area contributed by atoms with Crippen LogP contribution in [0.3, 0.4) is 0 Å². The van der Waals surface area contributed by atoms with Crippen LogP contribution in [0, 0.1) is 5.92 Å². The first-order chi connectivity index (χ1) is 10.5. The van der Waals surface area contributed by atoms with Gasteiger partial charge in [0.15, 0.2) is 0 Å². The molecule has 0 saturated carbocycles. The lowest BCUT2D eigenvalue weighted by Gasteiger charge is -2.22. The van der Waals surface area contributed by atoms with E-state index in [4.69, 9.17) is 4.74 Å². The highest BCUT2D eigenvalue weighted by Gasteiger charge is 2.26. The molecular formula is C15H21NO5S. The van der Waals surface area contributed by atoms with Gasteiger partial charge in [-0.2, -0.15) is 4.72 Å². The quantitative estimate of drug-likeness (QED) is 0.792. The van der Waals surface area contributed by atoms with Crippen molar-refractivity contribution in [1.29, 1.82) is 0 Å². The number of hydrogen-bond acceptors (Lipinski definition) is 4. The van der Waals surface area contributed by atoms with Crippen LogP contribution in [0.5, 0.6) is 0 Å². The number of benzene rings is 1. The predicted octanol–water partition coefficient (Wildman–Crippen LogP) is 1.55. The van der Waals surface area contributed by atoms with Crippen molar-refractivity contribution in [3.63, 3.8) is 0 Å². The van der Waals surface area contributed by atoms with E-state index in [1.54, 1.807) is 30.3 Å². The highest BCUT2D eigenvalue weighted by atomic mass is 32.2. The second-order valence-electron chi connectivity index (χ2n) is 5.46. The van der Waals surface area contributed by atoms with Crippen molar-refractivity contribution < 1.29 is 23.1 Å². The van der Waals surface area contributed by atoms with Crippen molar-refractivity contribution in [3.8, 4) is 0 Å². The van der Waals surface area contributed by atoms with E-state index in [9.17, 15) is 18.3 Å². The Balaban J connectivity index is 1.97. The fraction of sp³-hybridized carbons (Fsp3) is 0.533. The normalized spacial score (nSPS) is 18.0. The van der Waals surface area contributed by atoms with Crippen LogP contribution in [-0.2, 0) is 19.6 Å². The van der Waals surface area contributed by atoms with Crippen LogP contribution in [-0.4, -0.2) is 38.5 Å². The lowest BCUT2D eigenvalue weighted by Crippen LogP contribution is -2.36. The number of nitrogens with one attached hydrogen (secondary N) is 1. The Hall–Kier alpha value is -1.44. The monoisotopic (exact) mass is 327 g/mol. The van der Waals surface area contributed by atoms with Gasteiger partial charge in [-0.1, -0.05) is 30.3 Å². The van der Waals surface area contributed by atoms with Gasteiger partial charge in [-0.05, 0) is 30.7 Å². The van der Waals surface area contributed by atoms with E-state index in [2.05, 4.69) is 4.72 Å². The summed E-state index contributed by atoms with van der Waals surface area (Å²) in [5, 5.41) is 9.26. The zero-order valence-corrected chi connectivity index (χ0v) is 13.1. The van der Waals surface area contributed by atoms with Crippen molar-refractivity contribution in [1.82, 2.24) is 4.72 Å². The molecule has 1 aliphatic heterocycles. The summed E-state index contributed by atoms with van der Waals surface area (Å²) in [7, 11) is -3.64.